The van der Waals surface area contributed by atoms with E-state index >= 15 is 0 Å². The van der Waals surface area contributed by atoms with Crippen molar-refractivity contribution in [2.75, 3.05) is 7.05 Å². The average Bonchev–Trinajstić information content (AvgIpc) is 3.30. The van der Waals surface area contributed by atoms with Crippen LogP contribution in [0.1, 0.15) is 18.4 Å². The van der Waals surface area contributed by atoms with Gasteiger partial charge in [-0.1, -0.05) is 24.3 Å². The van der Waals surface area contributed by atoms with Crippen LogP contribution in [-0.2, 0) is 16.1 Å². The fraction of sp³-hybridized carbons (Fsp3) is 0.286. The standard InChI is InChI=1S/C21H21N3O3S/c1-23(20(25)16-9-10-17(16)21(26)27)12-14-13-24(15-6-3-2-4-7-15)22-19(14)18-8-5-11-28-18/h2-8,11,13,16-17H,9-10,12H2,1H3,(H,26,27). The third-order valence-electron chi connectivity index (χ3n) is 5.26. The molecule has 2 atom stereocenters. The molecule has 1 fully saturated rings. The second kappa shape index (κ2) is 7.59. The highest BCUT2D eigenvalue weighted by atomic mass is 32.1. The predicted octanol–water partition coefficient (Wildman–Crippen LogP) is 3.67. The van der Waals surface area contributed by atoms with Crippen LogP contribution in [0.5, 0.6) is 0 Å². The van der Waals surface area contributed by atoms with Crippen molar-refractivity contribution in [2.45, 2.75) is 19.4 Å². The minimum Gasteiger partial charge on any atom is -0.481 e. The Morgan fingerprint density at radius 1 is 1.18 bits per heavy atom. The topological polar surface area (TPSA) is 75.4 Å². The summed E-state index contributed by atoms with van der Waals surface area (Å²) in [5, 5.41) is 16.0. The SMILES string of the molecule is CN(Cc1cn(-c2ccccc2)nc1-c1cccs1)C(=O)C1CCC1C(=O)O. The Balaban J connectivity index is 1.60. The second-order valence-corrected chi connectivity index (χ2v) is 8.03. The lowest BCUT2D eigenvalue weighted by Crippen LogP contribution is -2.44. The van der Waals surface area contributed by atoms with Gasteiger partial charge in [0, 0.05) is 25.4 Å². The molecule has 0 spiro atoms. The average molecular weight is 395 g/mol. The molecule has 6 nitrogen and oxygen atoms in total. The first kappa shape index (κ1) is 18.4. The predicted molar refractivity (Wildman–Crippen MR) is 107 cm³/mol. The van der Waals surface area contributed by atoms with E-state index in [1.165, 1.54) is 0 Å². The first-order chi connectivity index (χ1) is 13.5. The second-order valence-electron chi connectivity index (χ2n) is 7.08. The van der Waals surface area contributed by atoms with Crippen molar-refractivity contribution in [3.63, 3.8) is 0 Å². The van der Waals surface area contributed by atoms with Crippen LogP contribution in [0.15, 0.2) is 54.0 Å². The molecule has 4 rings (SSSR count). The van der Waals surface area contributed by atoms with Crippen LogP contribution in [0.25, 0.3) is 16.3 Å². The van der Waals surface area contributed by atoms with Gasteiger partial charge in [0.25, 0.3) is 0 Å². The van der Waals surface area contributed by atoms with Gasteiger partial charge in [0.2, 0.25) is 5.91 Å². The minimum atomic E-state index is -0.880. The molecule has 1 aliphatic rings. The van der Waals surface area contributed by atoms with E-state index in [9.17, 15) is 14.7 Å². The summed E-state index contributed by atoms with van der Waals surface area (Å²) < 4.78 is 1.83. The molecule has 2 aromatic heterocycles. The summed E-state index contributed by atoms with van der Waals surface area (Å²) >= 11 is 1.60. The monoisotopic (exact) mass is 395 g/mol. The van der Waals surface area contributed by atoms with Crippen LogP contribution in [0.2, 0.25) is 0 Å². The number of rotatable bonds is 6. The van der Waals surface area contributed by atoms with Crippen LogP contribution in [0, 0.1) is 11.8 Å². The molecular weight excluding hydrogens is 374 g/mol. The maximum atomic E-state index is 12.8. The summed E-state index contributed by atoms with van der Waals surface area (Å²) in [7, 11) is 1.73. The van der Waals surface area contributed by atoms with Gasteiger partial charge in [0.05, 0.1) is 22.4 Å². The number of nitrogens with zero attached hydrogens (tertiary/aromatic N) is 3. The van der Waals surface area contributed by atoms with Gasteiger partial charge in [0.15, 0.2) is 0 Å². The zero-order valence-electron chi connectivity index (χ0n) is 15.5. The number of carboxylic acid groups (broad SMARTS) is 1. The fourth-order valence-electron chi connectivity index (χ4n) is 3.57. The number of para-hydroxylation sites is 1. The molecule has 144 valence electrons. The summed E-state index contributed by atoms with van der Waals surface area (Å²) in [6.07, 6.45) is 3.16. The van der Waals surface area contributed by atoms with Crippen LogP contribution in [-0.4, -0.2) is 38.7 Å². The van der Waals surface area contributed by atoms with E-state index in [4.69, 9.17) is 5.10 Å². The fourth-order valence-corrected chi connectivity index (χ4v) is 4.31. The summed E-state index contributed by atoms with van der Waals surface area (Å²) in [6.45, 7) is 0.391. The molecule has 2 unspecified atom stereocenters. The number of benzene rings is 1. The lowest BCUT2D eigenvalue weighted by Gasteiger charge is -2.34. The van der Waals surface area contributed by atoms with Crippen LogP contribution < -0.4 is 0 Å². The van der Waals surface area contributed by atoms with Crippen molar-refractivity contribution in [3.05, 3.63) is 59.6 Å². The molecular formula is C21H21N3O3S. The number of hydrogen-bond donors (Lipinski definition) is 1. The van der Waals surface area contributed by atoms with E-state index in [1.807, 2.05) is 58.7 Å². The maximum absolute atomic E-state index is 12.8. The number of carbonyl (C=O) groups excluding carboxylic acids is 1. The van der Waals surface area contributed by atoms with Crippen LogP contribution in [0.3, 0.4) is 0 Å². The number of carbonyl (C=O) groups is 2. The summed E-state index contributed by atoms with van der Waals surface area (Å²) in [5.74, 6) is -1.96. The lowest BCUT2D eigenvalue weighted by molar-refractivity contribution is -0.156. The summed E-state index contributed by atoms with van der Waals surface area (Å²) in [4.78, 5) is 26.7. The van der Waals surface area contributed by atoms with Crippen LogP contribution in [0.4, 0.5) is 0 Å². The highest BCUT2D eigenvalue weighted by Gasteiger charge is 2.42. The highest BCUT2D eigenvalue weighted by Crippen LogP contribution is 2.36. The van der Waals surface area contributed by atoms with Gasteiger partial charge in [-0.15, -0.1) is 11.3 Å². The van der Waals surface area contributed by atoms with E-state index in [0.717, 1.165) is 21.8 Å². The molecule has 0 saturated heterocycles. The van der Waals surface area contributed by atoms with Gasteiger partial charge in [-0.05, 0) is 36.4 Å². The summed E-state index contributed by atoms with van der Waals surface area (Å²) in [5.41, 5.74) is 2.74. The summed E-state index contributed by atoms with van der Waals surface area (Å²) in [6, 6.07) is 13.8. The number of amides is 1. The molecule has 1 aliphatic carbocycles. The number of aromatic nitrogens is 2. The molecule has 7 heteroatoms. The largest absolute Gasteiger partial charge is 0.481 e. The molecule has 0 aliphatic heterocycles. The van der Waals surface area contributed by atoms with E-state index in [1.54, 1.807) is 23.3 Å². The van der Waals surface area contributed by atoms with E-state index < -0.39 is 17.8 Å². The third-order valence-corrected chi connectivity index (χ3v) is 6.13. The van der Waals surface area contributed by atoms with Crippen molar-refractivity contribution in [2.24, 2.45) is 11.8 Å². The van der Waals surface area contributed by atoms with E-state index in [2.05, 4.69) is 0 Å². The van der Waals surface area contributed by atoms with Crippen molar-refractivity contribution in [1.82, 2.24) is 14.7 Å². The van der Waals surface area contributed by atoms with E-state index in [-0.39, 0.29) is 5.91 Å². The van der Waals surface area contributed by atoms with Crippen molar-refractivity contribution < 1.29 is 14.7 Å². The molecule has 1 aromatic carbocycles. The Morgan fingerprint density at radius 2 is 1.93 bits per heavy atom. The maximum Gasteiger partial charge on any atom is 0.307 e. The molecule has 0 bridgehead atoms. The van der Waals surface area contributed by atoms with Gasteiger partial charge in [-0.3, -0.25) is 9.59 Å². The first-order valence-corrected chi connectivity index (χ1v) is 10.1. The van der Waals surface area contributed by atoms with Crippen molar-refractivity contribution >= 4 is 23.2 Å². The zero-order valence-corrected chi connectivity index (χ0v) is 16.3. The third kappa shape index (κ3) is 3.45. The Hall–Kier alpha value is -2.93. The number of hydrogen-bond acceptors (Lipinski definition) is 4. The van der Waals surface area contributed by atoms with Crippen molar-refractivity contribution in [3.8, 4) is 16.3 Å². The highest BCUT2D eigenvalue weighted by molar-refractivity contribution is 7.13. The van der Waals surface area contributed by atoms with Gasteiger partial charge < -0.3 is 10.0 Å². The molecule has 2 heterocycles. The van der Waals surface area contributed by atoms with E-state index in [0.29, 0.717) is 19.4 Å². The van der Waals surface area contributed by atoms with Gasteiger partial charge >= 0.3 is 5.97 Å². The van der Waals surface area contributed by atoms with Crippen molar-refractivity contribution in [1.29, 1.82) is 0 Å². The zero-order chi connectivity index (χ0) is 19.7. The first-order valence-electron chi connectivity index (χ1n) is 9.20. The Labute approximate surface area is 167 Å². The number of aliphatic carboxylic acids is 1. The molecule has 1 N–H and O–H groups in total. The minimum absolute atomic E-state index is 0.108. The number of thiophene rings is 1. The smallest absolute Gasteiger partial charge is 0.307 e. The Kier molecular flexibility index (Phi) is 5.00. The van der Waals surface area contributed by atoms with Gasteiger partial charge in [-0.25, -0.2) is 4.68 Å². The molecule has 1 saturated carbocycles. The number of carboxylic acids is 1. The molecule has 28 heavy (non-hydrogen) atoms. The van der Waals surface area contributed by atoms with Crippen LogP contribution >= 0.6 is 11.3 Å². The Bertz CT molecular complexity index is 982. The lowest BCUT2D eigenvalue weighted by atomic mass is 9.73. The molecule has 1 amide bonds. The molecule has 3 aromatic rings. The molecule has 0 radical (unpaired) electrons. The van der Waals surface area contributed by atoms with Gasteiger partial charge in [0.1, 0.15) is 5.69 Å². The quantitative estimate of drug-likeness (QED) is 0.691. The van der Waals surface area contributed by atoms with Gasteiger partial charge in [-0.2, -0.15) is 5.10 Å². The Morgan fingerprint density at radius 3 is 2.54 bits per heavy atom. The normalized spacial score (nSPS) is 18.5.